The van der Waals surface area contributed by atoms with Gasteiger partial charge in [-0.2, -0.15) is 0 Å². The smallest absolute Gasteiger partial charge is 0.123 e. The average Bonchev–Trinajstić information content (AvgIpc) is 3.23. The van der Waals surface area contributed by atoms with E-state index < -0.39 is 0 Å². The van der Waals surface area contributed by atoms with E-state index in [1.807, 2.05) is 0 Å². The molecule has 2 aromatic carbocycles. The highest BCUT2D eigenvalue weighted by molar-refractivity contribution is 6.04. The van der Waals surface area contributed by atoms with Crippen molar-refractivity contribution in [3.63, 3.8) is 0 Å². The molecule has 2 atom stereocenters. The zero-order chi connectivity index (χ0) is 14.1. The molecule has 0 aromatic heterocycles. The van der Waals surface area contributed by atoms with Gasteiger partial charge in [0.2, 0.25) is 0 Å². The first-order chi connectivity index (χ1) is 9.69. The van der Waals surface area contributed by atoms with Crippen molar-refractivity contribution >= 4 is 5.71 Å². The third-order valence-electron chi connectivity index (χ3n) is 3.89. The molecule has 0 saturated heterocycles. The summed E-state index contributed by atoms with van der Waals surface area (Å²) >= 11 is 0. The molecule has 20 heavy (non-hydrogen) atoms. The number of benzene rings is 2. The number of hydrogen-bond acceptors (Lipinski definition) is 2. The lowest BCUT2D eigenvalue weighted by Gasteiger charge is -2.05. The fourth-order valence-corrected chi connectivity index (χ4v) is 2.65. The molecule has 1 saturated carbocycles. The minimum Gasteiger partial charge on any atom is -0.411 e. The summed E-state index contributed by atoms with van der Waals surface area (Å²) in [5.74, 6) is 0.330. The molecule has 1 aliphatic carbocycles. The van der Waals surface area contributed by atoms with Crippen molar-refractivity contribution < 1.29 is 9.60 Å². The van der Waals surface area contributed by atoms with Crippen LogP contribution >= 0.6 is 0 Å². The van der Waals surface area contributed by atoms with Crippen LogP contribution in [0.2, 0.25) is 0 Å². The number of oxime groups is 1. The molecule has 0 radical (unpaired) electrons. The minimum atomic E-state index is -0.281. The van der Waals surface area contributed by atoms with E-state index in [0.717, 1.165) is 12.0 Å². The van der Waals surface area contributed by atoms with Crippen molar-refractivity contribution in [2.24, 2.45) is 11.1 Å². The van der Waals surface area contributed by atoms with E-state index in [9.17, 15) is 9.60 Å². The molecule has 1 aliphatic rings. The van der Waals surface area contributed by atoms with E-state index in [1.165, 1.54) is 23.3 Å². The van der Waals surface area contributed by atoms with Gasteiger partial charge in [0.25, 0.3) is 0 Å². The Kier molecular flexibility index (Phi) is 3.26. The molecule has 2 nitrogen and oxygen atoms in total. The molecule has 0 amide bonds. The monoisotopic (exact) mass is 269 g/mol. The molecule has 1 fully saturated rings. The summed E-state index contributed by atoms with van der Waals surface area (Å²) in [5.41, 5.74) is 3.94. The Morgan fingerprint density at radius 1 is 1.10 bits per heavy atom. The number of rotatable bonds is 3. The first-order valence-corrected chi connectivity index (χ1v) is 6.73. The summed E-state index contributed by atoms with van der Waals surface area (Å²) in [6.45, 7) is 2.06. The number of hydrogen-bond donors (Lipinski definition) is 1. The summed E-state index contributed by atoms with van der Waals surface area (Å²) in [7, 11) is 0. The minimum absolute atomic E-state index is 0.216. The fraction of sp³-hybridized carbons (Fsp3) is 0.235. The molecule has 0 spiro atoms. The van der Waals surface area contributed by atoms with Crippen LogP contribution < -0.4 is 0 Å². The summed E-state index contributed by atoms with van der Waals surface area (Å²) < 4.78 is 12.9. The van der Waals surface area contributed by atoms with Gasteiger partial charge in [0.15, 0.2) is 0 Å². The van der Waals surface area contributed by atoms with Gasteiger partial charge in [-0.1, -0.05) is 47.1 Å². The number of aryl methyl sites for hydroxylation is 1. The van der Waals surface area contributed by atoms with E-state index in [2.05, 4.69) is 36.3 Å². The lowest BCUT2D eigenvalue weighted by atomic mass is 10.0. The van der Waals surface area contributed by atoms with Crippen LogP contribution in [0.5, 0.6) is 0 Å². The van der Waals surface area contributed by atoms with E-state index in [4.69, 9.17) is 0 Å². The molecule has 3 rings (SSSR count). The Hall–Kier alpha value is -2.16. The Morgan fingerprint density at radius 2 is 1.75 bits per heavy atom. The van der Waals surface area contributed by atoms with E-state index in [0.29, 0.717) is 11.6 Å². The number of nitrogens with zero attached hydrogens (tertiary/aromatic N) is 1. The molecular weight excluding hydrogens is 253 g/mol. The molecule has 1 N–H and O–H groups in total. The highest BCUT2D eigenvalue weighted by Gasteiger charge is 2.42. The third kappa shape index (κ3) is 2.44. The Balaban J connectivity index is 1.80. The van der Waals surface area contributed by atoms with Crippen molar-refractivity contribution in [1.29, 1.82) is 0 Å². The van der Waals surface area contributed by atoms with Gasteiger partial charge < -0.3 is 5.21 Å². The molecular formula is C17H16FNO. The highest BCUT2D eigenvalue weighted by atomic mass is 19.1. The SMILES string of the molecule is Cc1ccc([C@@H]2C[C@@H]2/C(=N\O)c2ccc(F)cc2)cc1. The average molecular weight is 269 g/mol. The normalized spacial score (nSPS) is 21.8. The van der Waals surface area contributed by atoms with Crippen molar-refractivity contribution in [3.05, 3.63) is 71.0 Å². The Labute approximate surface area is 117 Å². The maximum absolute atomic E-state index is 12.9. The Morgan fingerprint density at radius 3 is 2.35 bits per heavy atom. The van der Waals surface area contributed by atoms with Gasteiger partial charge >= 0.3 is 0 Å². The molecule has 2 aromatic rings. The van der Waals surface area contributed by atoms with Crippen LogP contribution in [-0.2, 0) is 0 Å². The third-order valence-corrected chi connectivity index (χ3v) is 3.89. The zero-order valence-electron chi connectivity index (χ0n) is 11.3. The first kappa shape index (κ1) is 12.9. The standard InChI is InChI=1S/C17H16FNO/c1-11-2-4-12(5-3-11)15-10-16(15)17(19-20)13-6-8-14(18)9-7-13/h2-9,15-16,20H,10H2,1H3/b19-17-/t15-,16-/m0/s1. The lowest BCUT2D eigenvalue weighted by Crippen LogP contribution is -2.05. The fourth-order valence-electron chi connectivity index (χ4n) is 2.65. The highest BCUT2D eigenvalue weighted by Crippen LogP contribution is 2.49. The van der Waals surface area contributed by atoms with Crippen molar-refractivity contribution in [3.8, 4) is 0 Å². The zero-order valence-corrected chi connectivity index (χ0v) is 11.3. The molecule has 3 heteroatoms. The lowest BCUT2D eigenvalue weighted by molar-refractivity contribution is 0.317. The van der Waals surface area contributed by atoms with Gasteiger partial charge in [-0.3, -0.25) is 0 Å². The van der Waals surface area contributed by atoms with Gasteiger partial charge in [0.1, 0.15) is 5.82 Å². The van der Waals surface area contributed by atoms with Crippen LogP contribution in [-0.4, -0.2) is 10.9 Å². The second kappa shape index (κ2) is 5.08. The second-order valence-corrected chi connectivity index (χ2v) is 5.35. The van der Waals surface area contributed by atoms with Crippen LogP contribution in [0.1, 0.15) is 29.0 Å². The van der Waals surface area contributed by atoms with Gasteiger partial charge in [0.05, 0.1) is 5.71 Å². The van der Waals surface area contributed by atoms with E-state index in [1.54, 1.807) is 12.1 Å². The van der Waals surface area contributed by atoms with Gasteiger partial charge in [0, 0.05) is 5.92 Å². The maximum atomic E-state index is 12.9. The second-order valence-electron chi connectivity index (χ2n) is 5.35. The summed E-state index contributed by atoms with van der Waals surface area (Å²) in [4.78, 5) is 0. The van der Waals surface area contributed by atoms with E-state index >= 15 is 0 Å². The van der Waals surface area contributed by atoms with Crippen molar-refractivity contribution in [2.75, 3.05) is 0 Å². The molecule has 0 unspecified atom stereocenters. The van der Waals surface area contributed by atoms with Gasteiger partial charge in [-0.15, -0.1) is 0 Å². The predicted molar refractivity (Wildman–Crippen MR) is 76.8 cm³/mol. The van der Waals surface area contributed by atoms with Crippen LogP contribution in [0.15, 0.2) is 53.7 Å². The number of halogens is 1. The summed E-state index contributed by atoms with van der Waals surface area (Å²) in [6.07, 6.45) is 0.972. The molecule has 0 heterocycles. The molecule has 102 valence electrons. The summed E-state index contributed by atoms with van der Waals surface area (Å²) in [5, 5.41) is 12.7. The summed E-state index contributed by atoms with van der Waals surface area (Å²) in [6, 6.07) is 14.5. The largest absolute Gasteiger partial charge is 0.411 e. The molecule has 0 bridgehead atoms. The van der Waals surface area contributed by atoms with Crippen molar-refractivity contribution in [1.82, 2.24) is 0 Å². The van der Waals surface area contributed by atoms with Crippen LogP contribution in [0.4, 0.5) is 4.39 Å². The van der Waals surface area contributed by atoms with Crippen LogP contribution in [0.25, 0.3) is 0 Å². The van der Waals surface area contributed by atoms with Crippen LogP contribution in [0.3, 0.4) is 0 Å². The van der Waals surface area contributed by atoms with Crippen molar-refractivity contribution in [2.45, 2.75) is 19.3 Å². The maximum Gasteiger partial charge on any atom is 0.123 e. The van der Waals surface area contributed by atoms with Crippen LogP contribution in [0, 0.1) is 18.7 Å². The van der Waals surface area contributed by atoms with Gasteiger partial charge in [-0.05, 0) is 42.5 Å². The van der Waals surface area contributed by atoms with Gasteiger partial charge in [-0.25, -0.2) is 4.39 Å². The topological polar surface area (TPSA) is 32.6 Å². The quantitative estimate of drug-likeness (QED) is 0.507. The first-order valence-electron chi connectivity index (χ1n) is 6.73. The van der Waals surface area contributed by atoms with E-state index in [-0.39, 0.29) is 11.7 Å². The predicted octanol–water partition coefficient (Wildman–Crippen LogP) is 4.12. The Bertz CT molecular complexity index is 631. The molecule has 0 aliphatic heterocycles.